The molecule has 0 bridgehead atoms. The average molecular weight is 246 g/mol. The third kappa shape index (κ3) is 2.93. The molecule has 1 fully saturated rings. The quantitative estimate of drug-likeness (QED) is 0.888. The van der Waals surface area contributed by atoms with Crippen molar-refractivity contribution in [2.24, 2.45) is 11.7 Å². The summed E-state index contributed by atoms with van der Waals surface area (Å²) < 4.78 is 0. The molecule has 0 radical (unpaired) electrons. The Bertz CT molecular complexity index is 400. The first-order valence-corrected chi connectivity index (χ1v) is 7.02. The Hall–Kier alpha value is -0.860. The molecule has 0 aromatic heterocycles. The maximum Gasteiger partial charge on any atom is 0.0239 e. The standard InChI is InChI=1S/C16H26N2/c1-11-7-12(2)16(13(3)8-11)10-18-6-5-15(9-18)14(4)17/h7-8,14-15H,5-6,9-10,17H2,1-4H3. The summed E-state index contributed by atoms with van der Waals surface area (Å²) in [5, 5.41) is 0. The molecule has 0 aliphatic carbocycles. The topological polar surface area (TPSA) is 29.3 Å². The van der Waals surface area contributed by atoms with Crippen molar-refractivity contribution in [1.29, 1.82) is 0 Å². The van der Waals surface area contributed by atoms with Crippen LogP contribution in [0.4, 0.5) is 0 Å². The third-order valence-corrected chi connectivity index (χ3v) is 4.27. The van der Waals surface area contributed by atoms with Crippen molar-refractivity contribution >= 4 is 0 Å². The molecule has 2 nitrogen and oxygen atoms in total. The van der Waals surface area contributed by atoms with E-state index in [4.69, 9.17) is 5.73 Å². The van der Waals surface area contributed by atoms with Gasteiger partial charge in [0.25, 0.3) is 0 Å². The van der Waals surface area contributed by atoms with Crippen molar-refractivity contribution in [3.8, 4) is 0 Å². The van der Waals surface area contributed by atoms with Crippen LogP contribution in [0.15, 0.2) is 12.1 Å². The van der Waals surface area contributed by atoms with Gasteiger partial charge >= 0.3 is 0 Å². The number of hydrogen-bond acceptors (Lipinski definition) is 2. The highest BCUT2D eigenvalue weighted by molar-refractivity contribution is 5.37. The van der Waals surface area contributed by atoms with Crippen LogP contribution in [0.25, 0.3) is 0 Å². The van der Waals surface area contributed by atoms with Crippen LogP contribution < -0.4 is 5.73 Å². The molecule has 2 N–H and O–H groups in total. The Morgan fingerprint density at radius 2 is 1.89 bits per heavy atom. The third-order valence-electron chi connectivity index (χ3n) is 4.27. The van der Waals surface area contributed by atoms with Gasteiger partial charge in [0, 0.05) is 19.1 Å². The Kier molecular flexibility index (Phi) is 4.08. The molecular weight excluding hydrogens is 220 g/mol. The van der Waals surface area contributed by atoms with Crippen LogP contribution in [0.5, 0.6) is 0 Å². The van der Waals surface area contributed by atoms with Gasteiger partial charge in [-0.2, -0.15) is 0 Å². The van der Waals surface area contributed by atoms with E-state index in [-0.39, 0.29) is 0 Å². The summed E-state index contributed by atoms with van der Waals surface area (Å²) in [6, 6.07) is 4.92. The number of nitrogens with zero attached hydrogens (tertiary/aromatic N) is 1. The van der Waals surface area contributed by atoms with E-state index >= 15 is 0 Å². The lowest BCUT2D eigenvalue weighted by Gasteiger charge is -2.20. The van der Waals surface area contributed by atoms with Crippen LogP contribution in [0.1, 0.15) is 35.6 Å². The van der Waals surface area contributed by atoms with Gasteiger partial charge in [-0.15, -0.1) is 0 Å². The Labute approximate surface area is 111 Å². The zero-order chi connectivity index (χ0) is 13.3. The number of aryl methyl sites for hydroxylation is 3. The predicted molar refractivity (Wildman–Crippen MR) is 77.7 cm³/mol. The fourth-order valence-corrected chi connectivity index (χ4v) is 3.12. The molecule has 0 saturated carbocycles. The zero-order valence-electron chi connectivity index (χ0n) is 12.2. The lowest BCUT2D eigenvalue weighted by atomic mass is 9.99. The summed E-state index contributed by atoms with van der Waals surface area (Å²) in [6.45, 7) is 12.2. The Morgan fingerprint density at radius 1 is 1.28 bits per heavy atom. The molecular formula is C16H26N2. The van der Waals surface area contributed by atoms with E-state index in [0.29, 0.717) is 12.0 Å². The molecule has 1 aromatic rings. The van der Waals surface area contributed by atoms with E-state index in [9.17, 15) is 0 Å². The summed E-state index contributed by atoms with van der Waals surface area (Å²) in [5.41, 5.74) is 11.7. The smallest absolute Gasteiger partial charge is 0.0239 e. The van der Waals surface area contributed by atoms with Gasteiger partial charge < -0.3 is 5.73 Å². The van der Waals surface area contributed by atoms with Gasteiger partial charge in [0.1, 0.15) is 0 Å². The van der Waals surface area contributed by atoms with Gasteiger partial charge in [0.15, 0.2) is 0 Å². The molecule has 0 spiro atoms. The normalized spacial score (nSPS) is 22.4. The van der Waals surface area contributed by atoms with Crippen LogP contribution in [0.3, 0.4) is 0 Å². The zero-order valence-corrected chi connectivity index (χ0v) is 12.2. The van der Waals surface area contributed by atoms with Crippen molar-refractivity contribution in [2.75, 3.05) is 13.1 Å². The molecule has 1 aromatic carbocycles. The fourth-order valence-electron chi connectivity index (χ4n) is 3.12. The summed E-state index contributed by atoms with van der Waals surface area (Å²) >= 11 is 0. The lowest BCUT2D eigenvalue weighted by Crippen LogP contribution is -2.29. The second-order valence-electron chi connectivity index (χ2n) is 6.02. The monoisotopic (exact) mass is 246 g/mol. The summed E-state index contributed by atoms with van der Waals surface area (Å²) in [7, 11) is 0. The largest absolute Gasteiger partial charge is 0.328 e. The second-order valence-corrected chi connectivity index (χ2v) is 6.02. The van der Waals surface area contributed by atoms with E-state index in [1.807, 2.05) is 0 Å². The molecule has 18 heavy (non-hydrogen) atoms. The minimum atomic E-state index is 0.329. The fraction of sp³-hybridized carbons (Fsp3) is 0.625. The van der Waals surface area contributed by atoms with Crippen molar-refractivity contribution in [2.45, 2.75) is 46.7 Å². The molecule has 1 aliphatic heterocycles. The summed E-state index contributed by atoms with van der Waals surface area (Å²) in [6.07, 6.45) is 1.25. The van der Waals surface area contributed by atoms with Crippen LogP contribution in [-0.4, -0.2) is 24.0 Å². The number of rotatable bonds is 3. The molecule has 100 valence electrons. The highest BCUT2D eigenvalue weighted by Gasteiger charge is 2.25. The first kappa shape index (κ1) is 13.6. The molecule has 2 rings (SSSR count). The SMILES string of the molecule is Cc1cc(C)c(CN2CCC(C(C)N)C2)c(C)c1. The van der Waals surface area contributed by atoms with Gasteiger partial charge in [-0.1, -0.05) is 17.7 Å². The Balaban J connectivity index is 2.07. The van der Waals surface area contributed by atoms with Crippen molar-refractivity contribution < 1.29 is 0 Å². The Morgan fingerprint density at radius 3 is 2.39 bits per heavy atom. The van der Waals surface area contributed by atoms with Gasteiger partial charge in [-0.05, 0) is 63.3 Å². The highest BCUT2D eigenvalue weighted by Crippen LogP contribution is 2.24. The maximum atomic E-state index is 6.01. The molecule has 2 atom stereocenters. The van der Waals surface area contributed by atoms with Gasteiger partial charge in [0.05, 0.1) is 0 Å². The van der Waals surface area contributed by atoms with Crippen LogP contribution in [0, 0.1) is 26.7 Å². The summed E-state index contributed by atoms with van der Waals surface area (Å²) in [4.78, 5) is 2.55. The summed E-state index contributed by atoms with van der Waals surface area (Å²) in [5.74, 6) is 0.677. The van der Waals surface area contributed by atoms with Gasteiger partial charge in [0.2, 0.25) is 0 Å². The van der Waals surface area contributed by atoms with E-state index in [1.165, 1.54) is 35.2 Å². The highest BCUT2D eigenvalue weighted by atomic mass is 15.1. The molecule has 0 amide bonds. The minimum absolute atomic E-state index is 0.329. The predicted octanol–water partition coefficient (Wildman–Crippen LogP) is 2.78. The number of hydrogen-bond donors (Lipinski definition) is 1. The van der Waals surface area contributed by atoms with E-state index in [1.54, 1.807) is 0 Å². The van der Waals surface area contributed by atoms with Crippen LogP contribution in [0.2, 0.25) is 0 Å². The number of nitrogens with two attached hydrogens (primary N) is 1. The second kappa shape index (κ2) is 5.41. The lowest BCUT2D eigenvalue weighted by molar-refractivity contribution is 0.307. The van der Waals surface area contributed by atoms with Crippen molar-refractivity contribution in [3.63, 3.8) is 0 Å². The first-order chi connectivity index (χ1) is 8.47. The van der Waals surface area contributed by atoms with E-state index < -0.39 is 0 Å². The molecule has 1 aliphatic rings. The minimum Gasteiger partial charge on any atom is -0.328 e. The van der Waals surface area contributed by atoms with E-state index in [0.717, 1.165) is 13.1 Å². The van der Waals surface area contributed by atoms with Crippen molar-refractivity contribution in [1.82, 2.24) is 4.90 Å². The molecule has 2 heteroatoms. The van der Waals surface area contributed by atoms with Gasteiger partial charge in [-0.3, -0.25) is 4.90 Å². The first-order valence-electron chi connectivity index (χ1n) is 7.02. The molecule has 1 heterocycles. The maximum absolute atomic E-state index is 6.01. The number of benzene rings is 1. The molecule has 2 unspecified atom stereocenters. The van der Waals surface area contributed by atoms with Gasteiger partial charge in [-0.25, -0.2) is 0 Å². The van der Waals surface area contributed by atoms with Crippen LogP contribution >= 0.6 is 0 Å². The average Bonchev–Trinajstić information content (AvgIpc) is 2.71. The van der Waals surface area contributed by atoms with Crippen LogP contribution in [-0.2, 0) is 6.54 Å². The number of likely N-dealkylation sites (tertiary alicyclic amines) is 1. The van der Waals surface area contributed by atoms with Crippen molar-refractivity contribution in [3.05, 3.63) is 34.4 Å². The van der Waals surface area contributed by atoms with E-state index in [2.05, 4.69) is 44.7 Å². The molecule has 1 saturated heterocycles.